The zero-order chi connectivity index (χ0) is 23.4. The Morgan fingerprint density at radius 2 is 1.55 bits per heavy atom. The number of carbonyl (C=O) groups excluding carboxylic acids is 2. The molecule has 0 aliphatic heterocycles. The summed E-state index contributed by atoms with van der Waals surface area (Å²) in [4.78, 5) is 40.0. The van der Waals surface area contributed by atoms with Gasteiger partial charge in [-0.05, 0) is 68.4 Å². The van der Waals surface area contributed by atoms with Gasteiger partial charge in [-0.3, -0.25) is 9.59 Å². The van der Waals surface area contributed by atoms with Crippen LogP contribution in [0.2, 0.25) is 0 Å². The van der Waals surface area contributed by atoms with Gasteiger partial charge in [0.15, 0.2) is 5.78 Å². The maximum atomic E-state index is 13.0. The molecular weight excluding hydrogens is 416 g/mol. The molecular formula is C27H24N2O4. The maximum Gasteiger partial charge on any atom is 0.347 e. The third-order valence-electron chi connectivity index (χ3n) is 5.53. The summed E-state index contributed by atoms with van der Waals surface area (Å²) in [7, 11) is 0. The van der Waals surface area contributed by atoms with Gasteiger partial charge in [-0.1, -0.05) is 18.2 Å². The van der Waals surface area contributed by atoms with Crippen molar-refractivity contribution in [1.82, 2.24) is 0 Å². The lowest BCUT2D eigenvalue weighted by molar-refractivity contribution is 0.102. The number of nitrogens with zero attached hydrogens (tertiary/aromatic N) is 1. The zero-order valence-corrected chi connectivity index (χ0v) is 18.5. The molecule has 1 aromatic heterocycles. The van der Waals surface area contributed by atoms with Crippen LogP contribution in [0.4, 0.5) is 11.4 Å². The van der Waals surface area contributed by atoms with Crippen LogP contribution in [-0.2, 0) is 0 Å². The topological polar surface area (TPSA) is 79.6 Å². The van der Waals surface area contributed by atoms with Gasteiger partial charge in [-0.2, -0.15) is 0 Å². The SMILES string of the molecule is CCN(CC)c1ccc2cc(C(=O)c3ccc(NC(=O)c4ccccc4)cc3)c(=O)oc2c1. The molecule has 4 rings (SSSR count). The van der Waals surface area contributed by atoms with Crippen molar-refractivity contribution >= 4 is 34.0 Å². The molecule has 0 fully saturated rings. The summed E-state index contributed by atoms with van der Waals surface area (Å²) in [5.74, 6) is -0.673. The molecule has 6 heteroatoms. The molecule has 0 saturated carbocycles. The number of fused-ring (bicyclic) bond motifs is 1. The van der Waals surface area contributed by atoms with E-state index in [2.05, 4.69) is 24.1 Å². The highest BCUT2D eigenvalue weighted by Gasteiger charge is 2.17. The van der Waals surface area contributed by atoms with Crippen molar-refractivity contribution in [2.45, 2.75) is 13.8 Å². The minimum Gasteiger partial charge on any atom is -0.422 e. The largest absolute Gasteiger partial charge is 0.422 e. The number of benzene rings is 3. The number of rotatable bonds is 7. The molecule has 1 heterocycles. The third-order valence-corrected chi connectivity index (χ3v) is 5.53. The molecule has 3 aromatic carbocycles. The third kappa shape index (κ3) is 4.70. The average Bonchev–Trinajstić information content (AvgIpc) is 2.85. The fraction of sp³-hybridized carbons (Fsp3) is 0.148. The standard InChI is InChI=1S/C27H24N2O4/c1-3-29(4-2)22-15-12-20-16-23(27(32)33-24(20)17-22)25(30)18-10-13-21(14-11-18)28-26(31)19-8-6-5-7-9-19/h5-17H,3-4H2,1-2H3,(H,28,31). The van der Waals surface area contributed by atoms with Gasteiger partial charge in [-0.15, -0.1) is 0 Å². The quantitative estimate of drug-likeness (QED) is 0.319. The molecule has 4 aromatic rings. The Hall–Kier alpha value is -4.19. The predicted octanol–water partition coefficient (Wildman–Crippen LogP) is 5.12. The molecule has 0 radical (unpaired) electrons. The molecule has 0 bridgehead atoms. The summed E-state index contributed by atoms with van der Waals surface area (Å²) in [5.41, 5.74) is 2.12. The second kappa shape index (κ2) is 9.53. The number of amides is 1. The Balaban J connectivity index is 1.56. The molecule has 0 aliphatic rings. The van der Waals surface area contributed by atoms with Gasteiger partial charge in [-0.25, -0.2) is 4.79 Å². The average molecular weight is 440 g/mol. The summed E-state index contributed by atoms with van der Waals surface area (Å²) in [6, 6.07) is 22.5. The van der Waals surface area contributed by atoms with Crippen molar-refractivity contribution < 1.29 is 14.0 Å². The van der Waals surface area contributed by atoms with Crippen molar-refractivity contribution in [3.8, 4) is 0 Å². The summed E-state index contributed by atoms with van der Waals surface area (Å²) >= 11 is 0. The molecule has 1 amide bonds. The summed E-state index contributed by atoms with van der Waals surface area (Å²) < 4.78 is 5.48. The Bertz CT molecular complexity index is 1350. The highest BCUT2D eigenvalue weighted by molar-refractivity contribution is 6.10. The first-order chi connectivity index (χ1) is 16.0. The summed E-state index contributed by atoms with van der Waals surface area (Å²) in [6.45, 7) is 5.79. The fourth-order valence-electron chi connectivity index (χ4n) is 3.70. The number of carbonyl (C=O) groups is 2. The van der Waals surface area contributed by atoms with E-state index >= 15 is 0 Å². The molecule has 1 N–H and O–H groups in total. The predicted molar refractivity (Wildman–Crippen MR) is 130 cm³/mol. The van der Waals surface area contributed by atoms with Crippen LogP contribution in [0.1, 0.15) is 40.1 Å². The smallest absolute Gasteiger partial charge is 0.347 e. The van der Waals surface area contributed by atoms with Crippen molar-refractivity contribution in [2.24, 2.45) is 0 Å². The van der Waals surface area contributed by atoms with Crippen LogP contribution in [0.3, 0.4) is 0 Å². The van der Waals surface area contributed by atoms with E-state index in [1.807, 2.05) is 24.3 Å². The monoisotopic (exact) mass is 440 g/mol. The molecule has 0 atom stereocenters. The van der Waals surface area contributed by atoms with Gasteiger partial charge in [0.25, 0.3) is 5.91 Å². The van der Waals surface area contributed by atoms with Crippen LogP contribution in [0, 0.1) is 0 Å². The molecule has 0 spiro atoms. The minimum atomic E-state index is -0.675. The maximum absolute atomic E-state index is 13.0. The van der Waals surface area contributed by atoms with Gasteiger partial charge in [0, 0.05) is 47.0 Å². The van der Waals surface area contributed by atoms with E-state index in [9.17, 15) is 14.4 Å². The normalized spacial score (nSPS) is 10.7. The lowest BCUT2D eigenvalue weighted by Crippen LogP contribution is -2.21. The molecule has 0 saturated heterocycles. The van der Waals surface area contributed by atoms with Crippen LogP contribution in [0.5, 0.6) is 0 Å². The van der Waals surface area contributed by atoms with Gasteiger partial charge in [0.2, 0.25) is 0 Å². The van der Waals surface area contributed by atoms with E-state index in [4.69, 9.17) is 4.42 Å². The highest BCUT2D eigenvalue weighted by Crippen LogP contribution is 2.23. The first-order valence-corrected chi connectivity index (χ1v) is 10.8. The number of nitrogens with one attached hydrogen (secondary N) is 1. The lowest BCUT2D eigenvalue weighted by Gasteiger charge is -2.20. The van der Waals surface area contributed by atoms with Gasteiger partial charge in [0.05, 0.1) is 0 Å². The van der Waals surface area contributed by atoms with E-state index in [0.29, 0.717) is 27.8 Å². The van der Waals surface area contributed by atoms with Crippen LogP contribution in [0.25, 0.3) is 11.0 Å². The van der Waals surface area contributed by atoms with Gasteiger partial charge < -0.3 is 14.6 Å². The van der Waals surface area contributed by atoms with E-state index in [1.54, 1.807) is 54.6 Å². The number of ketones is 1. The molecule has 0 unspecified atom stereocenters. The molecule has 0 aliphatic carbocycles. The Labute approximate surface area is 191 Å². The number of hydrogen-bond acceptors (Lipinski definition) is 5. The first kappa shape index (κ1) is 22.0. The van der Waals surface area contributed by atoms with Crippen LogP contribution in [0.15, 0.2) is 88.1 Å². The summed E-state index contributed by atoms with van der Waals surface area (Å²) in [6.07, 6.45) is 0. The Morgan fingerprint density at radius 3 is 2.21 bits per heavy atom. The fourth-order valence-corrected chi connectivity index (χ4v) is 3.70. The van der Waals surface area contributed by atoms with E-state index in [0.717, 1.165) is 18.8 Å². The molecule has 166 valence electrons. The highest BCUT2D eigenvalue weighted by atomic mass is 16.4. The van der Waals surface area contributed by atoms with E-state index in [-0.39, 0.29) is 11.5 Å². The van der Waals surface area contributed by atoms with Crippen molar-refractivity contribution in [3.63, 3.8) is 0 Å². The summed E-state index contributed by atoms with van der Waals surface area (Å²) in [5, 5.41) is 3.47. The Morgan fingerprint density at radius 1 is 0.848 bits per heavy atom. The number of anilines is 2. The van der Waals surface area contributed by atoms with Crippen molar-refractivity contribution in [3.05, 3.63) is 106 Å². The van der Waals surface area contributed by atoms with Crippen molar-refractivity contribution in [1.29, 1.82) is 0 Å². The van der Waals surface area contributed by atoms with Crippen molar-refractivity contribution in [2.75, 3.05) is 23.3 Å². The number of hydrogen-bond donors (Lipinski definition) is 1. The van der Waals surface area contributed by atoms with Gasteiger partial charge in [0.1, 0.15) is 11.1 Å². The molecule has 6 nitrogen and oxygen atoms in total. The minimum absolute atomic E-state index is 0.0286. The Kier molecular flexibility index (Phi) is 6.36. The lowest BCUT2D eigenvalue weighted by atomic mass is 10.0. The van der Waals surface area contributed by atoms with Gasteiger partial charge >= 0.3 is 5.63 Å². The second-order valence-electron chi connectivity index (χ2n) is 7.57. The second-order valence-corrected chi connectivity index (χ2v) is 7.57. The van der Waals surface area contributed by atoms with Crippen LogP contribution in [-0.4, -0.2) is 24.8 Å². The van der Waals surface area contributed by atoms with Crippen LogP contribution < -0.4 is 15.8 Å². The zero-order valence-electron chi connectivity index (χ0n) is 18.5. The van der Waals surface area contributed by atoms with E-state index < -0.39 is 11.4 Å². The molecule has 33 heavy (non-hydrogen) atoms. The first-order valence-electron chi connectivity index (χ1n) is 10.8. The van der Waals surface area contributed by atoms with Crippen LogP contribution >= 0.6 is 0 Å². The van der Waals surface area contributed by atoms with E-state index in [1.165, 1.54) is 0 Å².